The zero-order valence-corrected chi connectivity index (χ0v) is 19.8. The summed E-state index contributed by atoms with van der Waals surface area (Å²) < 4.78 is 5.34. The number of halogens is 2. The van der Waals surface area contributed by atoms with E-state index in [1.807, 2.05) is 36.4 Å². The second-order valence-corrected chi connectivity index (χ2v) is 8.69. The van der Waals surface area contributed by atoms with Crippen molar-refractivity contribution in [3.8, 4) is 0 Å². The zero-order valence-electron chi connectivity index (χ0n) is 18.3. The molecule has 2 amide bonds. The van der Waals surface area contributed by atoms with Gasteiger partial charge in [-0.1, -0.05) is 53.5 Å². The highest BCUT2D eigenvalue weighted by Gasteiger charge is 2.35. The number of carbonyl (C=O) groups excluding carboxylic acids is 2. The Hall–Kier alpha value is -2.74. The van der Waals surface area contributed by atoms with E-state index in [9.17, 15) is 9.59 Å². The van der Waals surface area contributed by atoms with Crippen molar-refractivity contribution in [1.82, 2.24) is 15.5 Å². The molecule has 0 aliphatic carbocycles. The molecule has 0 aromatic heterocycles. The Morgan fingerprint density at radius 3 is 2.36 bits per heavy atom. The van der Waals surface area contributed by atoms with Gasteiger partial charge in [0.15, 0.2) is 0 Å². The van der Waals surface area contributed by atoms with Crippen LogP contribution >= 0.6 is 23.2 Å². The number of benzene rings is 2. The lowest BCUT2D eigenvalue weighted by atomic mass is 9.94. The van der Waals surface area contributed by atoms with E-state index in [2.05, 4.69) is 20.4 Å². The monoisotopic (exact) mass is 488 g/mol. The fourth-order valence-electron chi connectivity index (χ4n) is 4.21. The molecule has 4 rings (SSSR count). The molecule has 2 aromatic carbocycles. The van der Waals surface area contributed by atoms with Crippen molar-refractivity contribution in [3.05, 3.63) is 75.4 Å². The van der Waals surface area contributed by atoms with Crippen molar-refractivity contribution in [2.45, 2.75) is 13.0 Å². The van der Waals surface area contributed by atoms with Crippen LogP contribution in [0.3, 0.4) is 0 Å². The van der Waals surface area contributed by atoms with Gasteiger partial charge in [-0.25, -0.2) is 9.59 Å². The van der Waals surface area contributed by atoms with E-state index < -0.39 is 12.0 Å². The number of amides is 2. The summed E-state index contributed by atoms with van der Waals surface area (Å²) in [7, 11) is 0. The molecule has 0 spiro atoms. The summed E-state index contributed by atoms with van der Waals surface area (Å²) in [6.45, 7) is 5.48. The first-order valence-corrected chi connectivity index (χ1v) is 11.7. The number of rotatable bonds is 6. The summed E-state index contributed by atoms with van der Waals surface area (Å²) in [6, 6.07) is 13.9. The third-order valence-electron chi connectivity index (χ3n) is 5.81. The van der Waals surface area contributed by atoms with Crippen LogP contribution in [-0.2, 0) is 9.53 Å². The normalized spacial score (nSPS) is 19.2. The lowest BCUT2D eigenvalue weighted by molar-refractivity contribution is -0.139. The molecule has 174 valence electrons. The number of piperazine rings is 1. The number of para-hydroxylation sites is 1. The van der Waals surface area contributed by atoms with Crippen LogP contribution in [-0.4, -0.2) is 56.2 Å². The maximum Gasteiger partial charge on any atom is 0.338 e. The number of hydrogen-bond acceptors (Lipinski definition) is 5. The van der Waals surface area contributed by atoms with Gasteiger partial charge in [-0.05, 0) is 30.7 Å². The van der Waals surface area contributed by atoms with Gasteiger partial charge in [0, 0.05) is 43.4 Å². The highest BCUT2D eigenvalue weighted by molar-refractivity contribution is 6.33. The zero-order chi connectivity index (χ0) is 23.4. The van der Waals surface area contributed by atoms with E-state index >= 15 is 0 Å². The van der Waals surface area contributed by atoms with Crippen LogP contribution in [0, 0.1) is 0 Å². The van der Waals surface area contributed by atoms with Gasteiger partial charge in [0.05, 0.1) is 28.9 Å². The van der Waals surface area contributed by atoms with Crippen LogP contribution in [0.4, 0.5) is 10.5 Å². The fourth-order valence-corrected chi connectivity index (χ4v) is 4.71. The Balaban J connectivity index is 1.57. The minimum Gasteiger partial charge on any atom is -0.463 e. The molecule has 0 radical (unpaired) electrons. The van der Waals surface area contributed by atoms with Crippen molar-refractivity contribution in [2.75, 3.05) is 44.2 Å². The average molecular weight is 489 g/mol. The van der Waals surface area contributed by atoms with Crippen LogP contribution in [0.1, 0.15) is 18.5 Å². The fraction of sp³-hybridized carbons (Fsp3) is 0.333. The van der Waals surface area contributed by atoms with Crippen molar-refractivity contribution in [2.24, 2.45) is 0 Å². The van der Waals surface area contributed by atoms with Gasteiger partial charge in [-0.3, -0.25) is 4.90 Å². The van der Waals surface area contributed by atoms with Gasteiger partial charge in [-0.15, -0.1) is 0 Å². The van der Waals surface area contributed by atoms with Crippen LogP contribution in [0.25, 0.3) is 0 Å². The number of esters is 1. The molecule has 0 bridgehead atoms. The Bertz CT molecular complexity index is 1070. The lowest BCUT2D eigenvalue weighted by Gasteiger charge is -2.38. The SMILES string of the molecule is CCOC(=O)C1=C(CN2CCN(c3ccccc3Cl)CC2)NC(=O)NC1c1ccccc1Cl. The maximum atomic E-state index is 13.0. The number of ether oxygens (including phenoxy) is 1. The highest BCUT2D eigenvalue weighted by atomic mass is 35.5. The number of carbonyl (C=O) groups is 2. The molecule has 2 N–H and O–H groups in total. The summed E-state index contributed by atoms with van der Waals surface area (Å²) >= 11 is 12.8. The summed E-state index contributed by atoms with van der Waals surface area (Å²) in [5.41, 5.74) is 2.57. The molecule has 1 saturated heterocycles. The molecular weight excluding hydrogens is 463 g/mol. The predicted molar refractivity (Wildman–Crippen MR) is 130 cm³/mol. The molecule has 9 heteroatoms. The third kappa shape index (κ3) is 5.27. The summed E-state index contributed by atoms with van der Waals surface area (Å²) in [5, 5.41) is 6.86. The van der Waals surface area contributed by atoms with Gasteiger partial charge >= 0.3 is 12.0 Å². The molecule has 1 fully saturated rings. The second-order valence-electron chi connectivity index (χ2n) is 7.88. The number of anilines is 1. The topological polar surface area (TPSA) is 73.9 Å². The standard InChI is InChI=1S/C24H26Cl2N4O3/c1-2-33-23(31)21-19(27-24(32)28-22(21)16-7-3-4-8-17(16)25)15-29-11-13-30(14-12-29)20-10-6-5-9-18(20)26/h3-10,22H,2,11-15H2,1H3,(H2,27,28,32). The average Bonchev–Trinajstić information content (AvgIpc) is 2.80. The van der Waals surface area contributed by atoms with Gasteiger partial charge in [0.1, 0.15) is 0 Å². The third-order valence-corrected chi connectivity index (χ3v) is 6.48. The van der Waals surface area contributed by atoms with E-state index in [1.165, 1.54) is 0 Å². The molecule has 33 heavy (non-hydrogen) atoms. The minimum absolute atomic E-state index is 0.231. The Labute approximate surface area is 203 Å². The number of urea groups is 1. The molecule has 2 aromatic rings. The summed E-state index contributed by atoms with van der Waals surface area (Å²) in [5.74, 6) is -0.473. The second kappa shape index (κ2) is 10.5. The molecule has 0 saturated carbocycles. The summed E-state index contributed by atoms with van der Waals surface area (Å²) in [4.78, 5) is 29.9. The maximum absolute atomic E-state index is 13.0. The minimum atomic E-state index is -0.689. The van der Waals surface area contributed by atoms with E-state index in [4.69, 9.17) is 27.9 Å². The molecule has 1 atom stereocenters. The molecule has 7 nitrogen and oxygen atoms in total. The van der Waals surface area contributed by atoms with Gasteiger partial charge in [0.2, 0.25) is 0 Å². The lowest BCUT2D eigenvalue weighted by Crippen LogP contribution is -2.52. The van der Waals surface area contributed by atoms with Crippen molar-refractivity contribution >= 4 is 40.9 Å². The Morgan fingerprint density at radius 2 is 1.70 bits per heavy atom. The van der Waals surface area contributed by atoms with Crippen LogP contribution in [0.2, 0.25) is 10.0 Å². The Kier molecular flexibility index (Phi) is 7.42. The van der Waals surface area contributed by atoms with Gasteiger partial charge < -0.3 is 20.3 Å². The molecule has 2 aliphatic heterocycles. The number of nitrogens with one attached hydrogen (secondary N) is 2. The van der Waals surface area contributed by atoms with E-state index in [-0.39, 0.29) is 12.6 Å². The summed E-state index contributed by atoms with van der Waals surface area (Å²) in [6.07, 6.45) is 0. The van der Waals surface area contributed by atoms with Crippen LogP contribution in [0.5, 0.6) is 0 Å². The smallest absolute Gasteiger partial charge is 0.338 e. The number of nitrogens with zero attached hydrogens (tertiary/aromatic N) is 2. The number of hydrogen-bond donors (Lipinski definition) is 2. The van der Waals surface area contributed by atoms with E-state index in [1.54, 1.807) is 19.1 Å². The first-order valence-electron chi connectivity index (χ1n) is 10.9. The largest absolute Gasteiger partial charge is 0.463 e. The van der Waals surface area contributed by atoms with Crippen molar-refractivity contribution < 1.29 is 14.3 Å². The van der Waals surface area contributed by atoms with Gasteiger partial charge in [0.25, 0.3) is 0 Å². The molecule has 2 heterocycles. The highest BCUT2D eigenvalue weighted by Crippen LogP contribution is 2.33. The first kappa shape index (κ1) is 23.4. The van der Waals surface area contributed by atoms with Crippen molar-refractivity contribution in [3.63, 3.8) is 0 Å². The van der Waals surface area contributed by atoms with E-state index in [0.717, 1.165) is 36.9 Å². The molecule has 2 aliphatic rings. The predicted octanol–water partition coefficient (Wildman–Crippen LogP) is 3.99. The van der Waals surface area contributed by atoms with Crippen LogP contribution < -0.4 is 15.5 Å². The molecule has 1 unspecified atom stereocenters. The van der Waals surface area contributed by atoms with E-state index in [0.29, 0.717) is 28.4 Å². The van der Waals surface area contributed by atoms with Gasteiger partial charge in [-0.2, -0.15) is 0 Å². The molecular formula is C24H26Cl2N4O3. The Morgan fingerprint density at radius 1 is 1.03 bits per heavy atom. The first-order chi connectivity index (χ1) is 16.0. The van der Waals surface area contributed by atoms with Crippen molar-refractivity contribution in [1.29, 1.82) is 0 Å². The quantitative estimate of drug-likeness (QED) is 0.601. The van der Waals surface area contributed by atoms with Crippen LogP contribution in [0.15, 0.2) is 59.8 Å².